The van der Waals surface area contributed by atoms with Crippen LogP contribution in [0.15, 0.2) is 34.1 Å². The number of nitrogens with one attached hydrogen (secondary N) is 8. The molecule has 6 rings (SSSR count). The number of piperidine rings is 4. The van der Waals surface area contributed by atoms with Crippen LogP contribution in [0.25, 0.3) is 0 Å². The minimum Gasteiger partial charge on any atom is -0.388 e. The van der Waals surface area contributed by atoms with E-state index in [0.29, 0.717) is 87.5 Å². The summed E-state index contributed by atoms with van der Waals surface area (Å²) in [6.07, 6.45) is 12.1. The maximum Gasteiger partial charge on any atom is 0.247 e. The molecule has 21 heteroatoms. The number of benzene rings is 2. The molecule has 0 bridgehead atoms. The summed E-state index contributed by atoms with van der Waals surface area (Å²) in [4.78, 5) is 20.9. The van der Waals surface area contributed by atoms with Crippen molar-refractivity contribution >= 4 is 71.4 Å². The molecule has 2 aromatic rings. The lowest BCUT2D eigenvalue weighted by atomic mass is 9.78. The fourth-order valence-corrected chi connectivity index (χ4v) is 16.0. The van der Waals surface area contributed by atoms with Crippen LogP contribution in [0.3, 0.4) is 0 Å². The van der Waals surface area contributed by atoms with Crippen molar-refractivity contribution in [1.29, 1.82) is 10.8 Å². The smallest absolute Gasteiger partial charge is 0.247 e. The summed E-state index contributed by atoms with van der Waals surface area (Å²) in [6, 6.07) is 6.08. The Bertz CT molecular complexity index is 2240. The lowest BCUT2D eigenvalue weighted by molar-refractivity contribution is -0.126. The number of carbonyl (C=O) groups is 1. The van der Waals surface area contributed by atoms with Gasteiger partial charge in [-0.25, -0.2) is 16.8 Å². The van der Waals surface area contributed by atoms with Gasteiger partial charge in [0.05, 0.1) is 61.0 Å². The van der Waals surface area contributed by atoms with Gasteiger partial charge in [0.1, 0.15) is 9.79 Å². The maximum atomic E-state index is 15.8. The van der Waals surface area contributed by atoms with Crippen molar-refractivity contribution in [3.63, 3.8) is 0 Å². The molecule has 0 aliphatic carbocycles. The Balaban J connectivity index is 1.31. The molecule has 4 aliphatic rings. The average Bonchev–Trinajstić information content (AvgIpc) is 3.45. The highest BCUT2D eigenvalue weighted by atomic mass is 32.2. The number of hydrogen-bond acceptors (Lipinski definition) is 17. The van der Waals surface area contributed by atoms with E-state index < -0.39 is 44.0 Å². The minimum atomic E-state index is -4.06. The molecule has 19 nitrogen and oxygen atoms in total. The first-order valence-electron chi connectivity index (χ1n) is 28.4. The molecule has 8 N–H and O–H groups in total. The summed E-state index contributed by atoms with van der Waals surface area (Å²) in [6.45, 7) is 9.52. The van der Waals surface area contributed by atoms with Crippen molar-refractivity contribution in [2.45, 2.75) is 126 Å². The SMILES string of the molecule is CCC(CN1CCCCC1)C(=N)C(COCC1CCCCN1S(=O)(=O)c1c(NC)cc(NC)cc1NC)C(=O)C(COCC1CCCCN1S(=O)(=O)c1c(NC)cc(NC)cc1NC)C(=N)C(CC)CN1CCCCC1. The van der Waals surface area contributed by atoms with Crippen LogP contribution in [0.1, 0.15) is 104 Å². The molecule has 0 amide bonds. The quantitative estimate of drug-likeness (QED) is 0.0351. The van der Waals surface area contributed by atoms with E-state index in [1.54, 1.807) is 75.2 Å². The molecule has 0 aromatic heterocycles. The summed E-state index contributed by atoms with van der Waals surface area (Å²) in [5.41, 5.74) is 3.90. The van der Waals surface area contributed by atoms with E-state index in [0.717, 1.165) is 76.1 Å². The summed E-state index contributed by atoms with van der Waals surface area (Å²) < 4.78 is 75.6. The van der Waals surface area contributed by atoms with E-state index in [1.807, 2.05) is 0 Å². The van der Waals surface area contributed by atoms with Crippen molar-refractivity contribution in [2.24, 2.45) is 23.7 Å². The number of carbonyl (C=O) groups excluding carboxylic acids is 1. The second-order valence-electron chi connectivity index (χ2n) is 21.3. The first kappa shape index (κ1) is 61.1. The zero-order valence-electron chi connectivity index (χ0n) is 47.1. The third-order valence-corrected chi connectivity index (χ3v) is 20.6. The third-order valence-electron chi connectivity index (χ3n) is 16.5. The number of ketones is 1. The predicted molar refractivity (Wildman–Crippen MR) is 310 cm³/mol. The van der Waals surface area contributed by atoms with E-state index in [1.165, 1.54) is 12.8 Å². The molecule has 4 saturated heterocycles. The van der Waals surface area contributed by atoms with Crippen LogP contribution >= 0.6 is 0 Å². The van der Waals surface area contributed by atoms with Crippen molar-refractivity contribution in [1.82, 2.24) is 18.4 Å². The van der Waals surface area contributed by atoms with Crippen molar-refractivity contribution in [3.05, 3.63) is 24.3 Å². The van der Waals surface area contributed by atoms with Gasteiger partial charge in [0.2, 0.25) is 20.0 Å². The Morgan fingerprint density at radius 2 is 0.855 bits per heavy atom. The van der Waals surface area contributed by atoms with Gasteiger partial charge in [-0.2, -0.15) is 8.61 Å². The zero-order chi connectivity index (χ0) is 55.0. The Hall–Kier alpha value is -4.09. The standard InChI is InChI=1S/C55H94N12O7S2/c1-9-39(33-64-23-15-11-16-24-64)51(56)45(37-73-35-43-21-13-19-27-66(43)75(69,70)54-47(60-5)29-41(58-3)30-48(54)61-6)53(68)46(52(57)40(10-2)34-65-25-17-12-18-26-65)38-74-36-44-22-14-20-28-67(44)76(71,72)55-49(62-7)31-42(59-4)32-50(55)63-8/h29-32,39-40,43-46,56-63H,9-28,33-38H2,1-8H3. The van der Waals surface area contributed by atoms with E-state index in [2.05, 4.69) is 55.5 Å². The number of anilines is 6. The molecule has 4 heterocycles. The van der Waals surface area contributed by atoms with Crippen LogP contribution in [0.2, 0.25) is 0 Å². The third kappa shape index (κ3) is 14.8. The topological polar surface area (TPSA) is 237 Å². The fourth-order valence-electron chi connectivity index (χ4n) is 11.9. The van der Waals surface area contributed by atoms with Crippen LogP contribution < -0.4 is 31.9 Å². The van der Waals surface area contributed by atoms with Crippen LogP contribution in [-0.4, -0.2) is 186 Å². The van der Waals surface area contributed by atoms with Gasteiger partial charge >= 0.3 is 0 Å². The Morgan fingerprint density at radius 1 is 0.526 bits per heavy atom. The lowest BCUT2D eigenvalue weighted by Crippen LogP contribution is -2.49. The summed E-state index contributed by atoms with van der Waals surface area (Å²) >= 11 is 0. The van der Waals surface area contributed by atoms with Crippen molar-refractivity contribution in [3.8, 4) is 0 Å². The maximum absolute atomic E-state index is 15.8. The fraction of sp³-hybridized carbons (Fsp3) is 0.727. The van der Waals surface area contributed by atoms with Gasteiger partial charge in [-0.1, -0.05) is 39.5 Å². The van der Waals surface area contributed by atoms with Crippen LogP contribution in [-0.2, 0) is 34.3 Å². The van der Waals surface area contributed by atoms with Gasteiger partial charge in [0, 0.05) is 115 Å². The minimum absolute atomic E-state index is 0.0247. The lowest BCUT2D eigenvalue weighted by Gasteiger charge is -2.37. The number of Topliss-reactive ketones (excluding diaryl/α,β-unsaturated/α-hetero) is 1. The van der Waals surface area contributed by atoms with Gasteiger partial charge in [0.15, 0.2) is 5.78 Å². The average molecular weight is 1100 g/mol. The van der Waals surface area contributed by atoms with E-state index in [-0.39, 0.29) is 65.3 Å². The Labute approximate surface area is 456 Å². The number of sulfonamides is 2. The molecule has 4 aliphatic heterocycles. The molecule has 428 valence electrons. The van der Waals surface area contributed by atoms with Crippen molar-refractivity contribution in [2.75, 3.05) is 153 Å². The van der Waals surface area contributed by atoms with E-state index in [9.17, 15) is 27.7 Å². The van der Waals surface area contributed by atoms with Gasteiger partial charge in [-0.15, -0.1) is 0 Å². The Morgan fingerprint density at radius 3 is 1.16 bits per heavy atom. The van der Waals surface area contributed by atoms with Crippen molar-refractivity contribution < 1.29 is 31.1 Å². The first-order chi connectivity index (χ1) is 36.6. The summed E-state index contributed by atoms with van der Waals surface area (Å²) in [5.74, 6) is -2.87. The highest BCUT2D eigenvalue weighted by Crippen LogP contribution is 2.39. The highest BCUT2D eigenvalue weighted by molar-refractivity contribution is 7.89. The monoisotopic (exact) mass is 1100 g/mol. The predicted octanol–water partition coefficient (Wildman–Crippen LogP) is 7.62. The number of nitrogens with zero attached hydrogens (tertiary/aromatic N) is 4. The molecule has 2 aromatic carbocycles. The second kappa shape index (κ2) is 29.2. The van der Waals surface area contributed by atoms with Crippen LogP contribution in [0.4, 0.5) is 34.1 Å². The molecular weight excluding hydrogens is 1000 g/mol. The van der Waals surface area contributed by atoms with E-state index >= 15 is 4.79 Å². The molecule has 0 saturated carbocycles. The molecule has 0 radical (unpaired) electrons. The molecule has 6 unspecified atom stereocenters. The zero-order valence-corrected chi connectivity index (χ0v) is 48.8. The van der Waals surface area contributed by atoms with Crippen LogP contribution in [0, 0.1) is 34.5 Å². The van der Waals surface area contributed by atoms with Gasteiger partial charge in [-0.3, -0.25) is 4.79 Å². The van der Waals surface area contributed by atoms with Gasteiger partial charge in [0.25, 0.3) is 0 Å². The van der Waals surface area contributed by atoms with Gasteiger partial charge < -0.3 is 62.0 Å². The summed E-state index contributed by atoms with van der Waals surface area (Å²) in [5, 5.41) is 38.6. The van der Waals surface area contributed by atoms with Gasteiger partial charge in [-0.05, 0) is 115 Å². The number of ether oxygens (including phenoxy) is 2. The molecule has 4 fully saturated rings. The number of likely N-dealkylation sites (tertiary alicyclic amines) is 2. The number of rotatable bonds is 30. The molecule has 0 spiro atoms. The summed E-state index contributed by atoms with van der Waals surface area (Å²) in [7, 11) is 2.29. The molecular formula is C55H94N12O7S2. The van der Waals surface area contributed by atoms with Crippen LogP contribution in [0.5, 0.6) is 0 Å². The molecule has 76 heavy (non-hydrogen) atoms. The number of hydrogen-bond donors (Lipinski definition) is 8. The largest absolute Gasteiger partial charge is 0.388 e. The molecule has 6 atom stereocenters. The Kier molecular flexibility index (Phi) is 23.5. The highest BCUT2D eigenvalue weighted by Gasteiger charge is 2.42. The van der Waals surface area contributed by atoms with E-state index in [4.69, 9.17) is 9.47 Å². The normalized spacial score (nSPS) is 21.2. The second-order valence-corrected chi connectivity index (χ2v) is 24.9. The first-order valence-corrected chi connectivity index (χ1v) is 31.3.